The summed E-state index contributed by atoms with van der Waals surface area (Å²) in [6, 6.07) is 0. The fourth-order valence-electron chi connectivity index (χ4n) is 3.72. The first-order chi connectivity index (χ1) is 10.2. The number of unbranched alkanes of at least 4 members (excludes halogenated alkanes) is 2. The highest BCUT2D eigenvalue weighted by atomic mass is 16.7. The number of aliphatic hydroxyl groups excluding tert-OH is 1. The predicted octanol–water partition coefficient (Wildman–Crippen LogP) is 5.07. The summed E-state index contributed by atoms with van der Waals surface area (Å²) in [7, 11) is 0. The van der Waals surface area contributed by atoms with Gasteiger partial charge in [-0.3, -0.25) is 4.84 Å². The van der Waals surface area contributed by atoms with E-state index in [4.69, 9.17) is 4.84 Å². The lowest BCUT2D eigenvalue weighted by atomic mass is 9.82. The molecule has 0 radical (unpaired) electrons. The van der Waals surface area contributed by atoms with Crippen LogP contribution in [-0.2, 0) is 4.84 Å². The third-order valence-corrected chi connectivity index (χ3v) is 5.04. The van der Waals surface area contributed by atoms with E-state index >= 15 is 0 Å². The van der Waals surface area contributed by atoms with Crippen molar-refractivity contribution in [2.24, 2.45) is 0 Å². The van der Waals surface area contributed by atoms with E-state index in [1.54, 1.807) is 0 Å². The van der Waals surface area contributed by atoms with Crippen LogP contribution in [0.5, 0.6) is 0 Å². The predicted molar refractivity (Wildman–Crippen MR) is 93.8 cm³/mol. The third kappa shape index (κ3) is 5.50. The van der Waals surface area contributed by atoms with Crippen molar-refractivity contribution in [3.63, 3.8) is 0 Å². The van der Waals surface area contributed by atoms with E-state index in [0.717, 1.165) is 51.4 Å². The second-order valence-corrected chi connectivity index (χ2v) is 8.27. The summed E-state index contributed by atoms with van der Waals surface area (Å²) in [4.78, 5) is 6.47. The second-order valence-electron chi connectivity index (χ2n) is 8.27. The number of hydrogen-bond donors (Lipinski definition) is 1. The zero-order chi connectivity index (χ0) is 16.8. The minimum atomic E-state index is -0.347. The largest absolute Gasteiger partial charge is 0.390 e. The van der Waals surface area contributed by atoms with Gasteiger partial charge in [-0.1, -0.05) is 39.5 Å². The van der Waals surface area contributed by atoms with E-state index in [1.165, 1.54) is 6.42 Å². The van der Waals surface area contributed by atoms with Gasteiger partial charge < -0.3 is 5.11 Å². The molecule has 0 saturated carbocycles. The van der Waals surface area contributed by atoms with E-state index in [0.29, 0.717) is 0 Å². The average molecular weight is 314 g/mol. The van der Waals surface area contributed by atoms with Crippen molar-refractivity contribution in [2.75, 3.05) is 0 Å². The van der Waals surface area contributed by atoms with Gasteiger partial charge in [-0.2, -0.15) is 5.06 Å². The molecule has 1 heterocycles. The Morgan fingerprint density at radius 2 is 1.45 bits per heavy atom. The molecule has 1 aliphatic rings. The van der Waals surface area contributed by atoms with Gasteiger partial charge in [-0.15, -0.1) is 0 Å². The Hall–Kier alpha value is -0.120. The Kier molecular flexibility index (Phi) is 7.84. The second kappa shape index (κ2) is 8.65. The minimum absolute atomic E-state index is 0.0384. The summed E-state index contributed by atoms with van der Waals surface area (Å²) >= 11 is 0. The van der Waals surface area contributed by atoms with Crippen LogP contribution < -0.4 is 0 Å². The smallest absolute Gasteiger partial charge is 0.105 e. The Bertz CT molecular complexity index is 299. The molecule has 0 amide bonds. The summed E-state index contributed by atoms with van der Waals surface area (Å²) in [5.74, 6) is 0. The molecule has 0 aromatic rings. The van der Waals surface area contributed by atoms with E-state index in [9.17, 15) is 5.11 Å². The Labute approximate surface area is 138 Å². The third-order valence-electron chi connectivity index (χ3n) is 5.04. The topological polar surface area (TPSA) is 32.7 Å². The summed E-state index contributed by atoms with van der Waals surface area (Å²) < 4.78 is 0. The van der Waals surface area contributed by atoms with Crippen molar-refractivity contribution in [1.82, 2.24) is 5.06 Å². The first-order valence-electron chi connectivity index (χ1n) is 9.39. The molecule has 0 spiro atoms. The van der Waals surface area contributed by atoms with Crippen LogP contribution in [0, 0.1) is 0 Å². The van der Waals surface area contributed by atoms with Gasteiger partial charge in [-0.25, -0.2) is 0 Å². The lowest BCUT2D eigenvalue weighted by Gasteiger charge is -2.52. The molecule has 1 saturated heterocycles. The molecule has 0 aromatic heterocycles. The SMILES string of the molecule is CCCC[C@@H](O)[C@H](CCCC)ON1C(C)(C)CCCC1(C)C. The van der Waals surface area contributed by atoms with E-state index in [2.05, 4.69) is 46.6 Å². The van der Waals surface area contributed by atoms with Gasteiger partial charge in [0.25, 0.3) is 0 Å². The molecule has 2 atom stereocenters. The van der Waals surface area contributed by atoms with Crippen molar-refractivity contribution in [2.45, 2.75) is 123 Å². The van der Waals surface area contributed by atoms with Crippen LogP contribution in [0.1, 0.15) is 99.3 Å². The highest BCUT2D eigenvalue weighted by Crippen LogP contribution is 2.39. The molecule has 1 fully saturated rings. The molecule has 22 heavy (non-hydrogen) atoms. The molecule has 0 bridgehead atoms. The maximum absolute atomic E-state index is 10.6. The molecule has 3 heteroatoms. The van der Waals surface area contributed by atoms with Gasteiger partial charge in [0.05, 0.1) is 6.10 Å². The van der Waals surface area contributed by atoms with Crippen LogP contribution in [0.15, 0.2) is 0 Å². The summed E-state index contributed by atoms with van der Waals surface area (Å²) in [5, 5.41) is 12.8. The van der Waals surface area contributed by atoms with Crippen molar-refractivity contribution in [1.29, 1.82) is 0 Å². The lowest BCUT2D eigenvalue weighted by molar-refractivity contribution is -0.318. The van der Waals surface area contributed by atoms with E-state index in [1.807, 2.05) is 0 Å². The van der Waals surface area contributed by atoms with Crippen LogP contribution >= 0.6 is 0 Å². The Morgan fingerprint density at radius 1 is 0.955 bits per heavy atom. The quantitative estimate of drug-likeness (QED) is 0.645. The molecular weight excluding hydrogens is 274 g/mol. The van der Waals surface area contributed by atoms with Gasteiger partial charge in [0.2, 0.25) is 0 Å². The van der Waals surface area contributed by atoms with E-state index in [-0.39, 0.29) is 23.3 Å². The zero-order valence-electron chi connectivity index (χ0n) is 15.8. The minimum Gasteiger partial charge on any atom is -0.390 e. The fourth-order valence-corrected chi connectivity index (χ4v) is 3.72. The van der Waals surface area contributed by atoms with Crippen molar-refractivity contribution in [3.8, 4) is 0 Å². The molecule has 1 rings (SSSR count). The Morgan fingerprint density at radius 3 is 1.95 bits per heavy atom. The van der Waals surface area contributed by atoms with Gasteiger partial charge in [0.15, 0.2) is 0 Å². The number of nitrogens with zero attached hydrogens (tertiary/aromatic N) is 1. The summed E-state index contributed by atoms with van der Waals surface area (Å²) in [6.07, 6.45) is 9.39. The normalized spacial score (nSPS) is 24.1. The number of rotatable bonds is 9. The number of aliphatic hydroxyl groups is 1. The van der Waals surface area contributed by atoms with Crippen LogP contribution in [0.3, 0.4) is 0 Å². The van der Waals surface area contributed by atoms with Gasteiger partial charge in [-0.05, 0) is 59.8 Å². The van der Waals surface area contributed by atoms with Gasteiger partial charge in [0.1, 0.15) is 6.10 Å². The van der Waals surface area contributed by atoms with Crippen LogP contribution in [-0.4, -0.2) is 33.5 Å². The first kappa shape index (κ1) is 19.9. The molecule has 0 unspecified atom stereocenters. The molecule has 1 aliphatic heterocycles. The molecule has 132 valence electrons. The first-order valence-corrected chi connectivity index (χ1v) is 9.39. The highest BCUT2D eigenvalue weighted by molar-refractivity contribution is 4.93. The highest BCUT2D eigenvalue weighted by Gasteiger charge is 2.44. The maximum Gasteiger partial charge on any atom is 0.105 e. The average Bonchev–Trinajstić information content (AvgIpc) is 2.42. The van der Waals surface area contributed by atoms with Crippen LogP contribution in [0.2, 0.25) is 0 Å². The lowest BCUT2D eigenvalue weighted by Crippen LogP contribution is -2.60. The van der Waals surface area contributed by atoms with Crippen molar-refractivity contribution < 1.29 is 9.94 Å². The molecular formula is C19H39NO2. The summed E-state index contributed by atoms with van der Waals surface area (Å²) in [5.41, 5.74) is 0.0768. The molecule has 0 aliphatic carbocycles. The fraction of sp³-hybridized carbons (Fsp3) is 1.00. The van der Waals surface area contributed by atoms with Crippen molar-refractivity contribution in [3.05, 3.63) is 0 Å². The van der Waals surface area contributed by atoms with Gasteiger partial charge in [0, 0.05) is 11.1 Å². The molecule has 0 aromatic carbocycles. The Balaban J connectivity index is 2.80. The zero-order valence-corrected chi connectivity index (χ0v) is 15.8. The maximum atomic E-state index is 10.6. The monoisotopic (exact) mass is 313 g/mol. The van der Waals surface area contributed by atoms with Crippen molar-refractivity contribution >= 4 is 0 Å². The summed E-state index contributed by atoms with van der Waals surface area (Å²) in [6.45, 7) is 13.4. The number of hydrogen-bond acceptors (Lipinski definition) is 3. The van der Waals surface area contributed by atoms with Crippen LogP contribution in [0.25, 0.3) is 0 Å². The standard InChI is InChI=1S/C19H39NO2/c1-7-9-12-16(21)17(13-10-8-2)22-20-18(3,4)14-11-15-19(20,5)6/h16-17,21H,7-15H2,1-6H3/t16-,17+/m1/s1. The van der Waals surface area contributed by atoms with E-state index < -0.39 is 0 Å². The number of hydroxylamine groups is 2. The number of piperidine rings is 1. The van der Waals surface area contributed by atoms with Crippen LogP contribution in [0.4, 0.5) is 0 Å². The molecule has 3 nitrogen and oxygen atoms in total. The molecule has 1 N–H and O–H groups in total. The van der Waals surface area contributed by atoms with Gasteiger partial charge >= 0.3 is 0 Å².